The summed E-state index contributed by atoms with van der Waals surface area (Å²) in [4.78, 5) is 23.1. The molecule has 1 aromatic carbocycles. The summed E-state index contributed by atoms with van der Waals surface area (Å²) in [6.07, 6.45) is 1.92. The van der Waals surface area contributed by atoms with Crippen molar-refractivity contribution in [1.29, 1.82) is 0 Å². The van der Waals surface area contributed by atoms with Crippen molar-refractivity contribution in [2.45, 2.75) is 19.8 Å². The molecule has 0 spiro atoms. The van der Waals surface area contributed by atoms with E-state index in [-0.39, 0.29) is 11.9 Å². The summed E-state index contributed by atoms with van der Waals surface area (Å²) in [5.74, 6) is -0.230. The first-order valence-electron chi connectivity index (χ1n) is 6.15. The van der Waals surface area contributed by atoms with Crippen LogP contribution in [0.5, 0.6) is 0 Å². The van der Waals surface area contributed by atoms with E-state index >= 15 is 0 Å². The second-order valence-electron chi connectivity index (χ2n) is 4.01. The molecule has 3 N–H and O–H groups in total. The van der Waals surface area contributed by atoms with Crippen LogP contribution in [0.2, 0.25) is 5.02 Å². The fraction of sp³-hybridized carbons (Fsp3) is 0.385. The van der Waals surface area contributed by atoms with E-state index in [4.69, 9.17) is 11.6 Å². The van der Waals surface area contributed by atoms with Gasteiger partial charge in [-0.15, -0.1) is 0 Å². The van der Waals surface area contributed by atoms with Crippen molar-refractivity contribution in [3.8, 4) is 0 Å². The number of hydrogen-bond donors (Lipinski definition) is 3. The van der Waals surface area contributed by atoms with E-state index in [2.05, 4.69) is 16.0 Å². The van der Waals surface area contributed by atoms with Crippen LogP contribution in [0.4, 0.5) is 10.5 Å². The predicted molar refractivity (Wildman–Crippen MR) is 76.8 cm³/mol. The van der Waals surface area contributed by atoms with Crippen molar-refractivity contribution >= 4 is 29.2 Å². The van der Waals surface area contributed by atoms with Crippen molar-refractivity contribution in [3.63, 3.8) is 0 Å². The largest absolute Gasteiger partial charge is 0.355 e. The Bertz CT molecular complexity index is 463. The van der Waals surface area contributed by atoms with Gasteiger partial charge in [-0.3, -0.25) is 4.79 Å². The zero-order chi connectivity index (χ0) is 14.3. The average Bonchev–Trinajstić information content (AvgIpc) is 2.40. The molecule has 0 aromatic heterocycles. The van der Waals surface area contributed by atoms with E-state index in [0.29, 0.717) is 22.8 Å². The number of carbonyl (C=O) groups excluding carboxylic acids is 2. The highest BCUT2D eigenvalue weighted by Crippen LogP contribution is 2.22. The van der Waals surface area contributed by atoms with Crippen molar-refractivity contribution in [2.24, 2.45) is 0 Å². The first-order valence-corrected chi connectivity index (χ1v) is 6.52. The van der Waals surface area contributed by atoms with Gasteiger partial charge in [-0.05, 0) is 24.6 Å². The lowest BCUT2D eigenvalue weighted by Crippen LogP contribution is -2.29. The molecule has 0 aliphatic carbocycles. The zero-order valence-electron chi connectivity index (χ0n) is 11.0. The SMILES string of the molecule is CCCCNC(=O)Nc1cc(C(=O)NC)ccc1Cl. The number of unbranched alkanes of at least 4 members (excludes halogenated alkanes) is 1. The summed E-state index contributed by atoms with van der Waals surface area (Å²) in [6.45, 7) is 2.65. The van der Waals surface area contributed by atoms with Crippen molar-refractivity contribution < 1.29 is 9.59 Å². The van der Waals surface area contributed by atoms with Crippen molar-refractivity contribution in [2.75, 3.05) is 18.9 Å². The van der Waals surface area contributed by atoms with E-state index < -0.39 is 0 Å². The summed E-state index contributed by atoms with van der Waals surface area (Å²) in [7, 11) is 1.54. The topological polar surface area (TPSA) is 70.2 Å². The lowest BCUT2D eigenvalue weighted by Gasteiger charge is -2.10. The van der Waals surface area contributed by atoms with Crippen LogP contribution in [0.3, 0.4) is 0 Å². The van der Waals surface area contributed by atoms with Crippen LogP contribution >= 0.6 is 11.6 Å². The van der Waals surface area contributed by atoms with Gasteiger partial charge >= 0.3 is 6.03 Å². The number of halogens is 1. The van der Waals surface area contributed by atoms with E-state index in [1.54, 1.807) is 25.2 Å². The molecule has 1 rings (SSSR count). The van der Waals surface area contributed by atoms with E-state index in [1.165, 1.54) is 0 Å². The Morgan fingerprint density at radius 1 is 1.32 bits per heavy atom. The molecule has 0 atom stereocenters. The highest BCUT2D eigenvalue weighted by Gasteiger charge is 2.09. The van der Waals surface area contributed by atoms with E-state index in [0.717, 1.165) is 12.8 Å². The van der Waals surface area contributed by atoms with Crippen LogP contribution in [-0.2, 0) is 0 Å². The molecule has 1 aromatic rings. The Morgan fingerprint density at radius 2 is 2.05 bits per heavy atom. The fourth-order valence-electron chi connectivity index (χ4n) is 1.45. The number of amides is 3. The molecular weight excluding hydrogens is 266 g/mol. The number of urea groups is 1. The van der Waals surface area contributed by atoms with Crippen LogP contribution in [0, 0.1) is 0 Å². The van der Waals surface area contributed by atoms with Gasteiger partial charge in [-0.1, -0.05) is 24.9 Å². The van der Waals surface area contributed by atoms with Gasteiger partial charge in [-0.2, -0.15) is 0 Å². The minimum Gasteiger partial charge on any atom is -0.355 e. The average molecular weight is 284 g/mol. The number of benzene rings is 1. The third kappa shape index (κ3) is 4.79. The highest BCUT2D eigenvalue weighted by molar-refractivity contribution is 6.33. The first kappa shape index (κ1) is 15.3. The molecule has 0 radical (unpaired) electrons. The Labute approximate surface area is 117 Å². The molecule has 0 saturated carbocycles. The molecule has 0 bridgehead atoms. The summed E-state index contributed by atoms with van der Waals surface area (Å²) in [5, 5.41) is 8.24. The lowest BCUT2D eigenvalue weighted by atomic mass is 10.2. The molecule has 3 amide bonds. The number of hydrogen-bond acceptors (Lipinski definition) is 2. The molecule has 0 fully saturated rings. The second kappa shape index (κ2) is 7.63. The van der Waals surface area contributed by atoms with Crippen LogP contribution in [0.25, 0.3) is 0 Å². The minimum absolute atomic E-state index is 0.230. The third-order valence-corrected chi connectivity index (χ3v) is 2.85. The maximum Gasteiger partial charge on any atom is 0.319 e. The second-order valence-corrected chi connectivity index (χ2v) is 4.42. The minimum atomic E-state index is -0.329. The van der Waals surface area contributed by atoms with Crippen LogP contribution < -0.4 is 16.0 Å². The zero-order valence-corrected chi connectivity index (χ0v) is 11.8. The molecule has 6 heteroatoms. The quantitative estimate of drug-likeness (QED) is 0.727. The van der Waals surface area contributed by atoms with Crippen molar-refractivity contribution in [3.05, 3.63) is 28.8 Å². The molecule has 5 nitrogen and oxygen atoms in total. The number of rotatable bonds is 5. The van der Waals surface area contributed by atoms with Gasteiger partial charge in [-0.25, -0.2) is 4.79 Å². The maximum absolute atomic E-state index is 11.6. The van der Waals surface area contributed by atoms with E-state index in [9.17, 15) is 9.59 Å². The molecule has 0 heterocycles. The van der Waals surface area contributed by atoms with Gasteiger partial charge in [0.25, 0.3) is 5.91 Å². The van der Waals surface area contributed by atoms with Gasteiger partial charge in [0, 0.05) is 19.2 Å². The van der Waals surface area contributed by atoms with Gasteiger partial charge in [0.2, 0.25) is 0 Å². The number of nitrogens with one attached hydrogen (secondary N) is 3. The molecule has 19 heavy (non-hydrogen) atoms. The Morgan fingerprint density at radius 3 is 2.68 bits per heavy atom. The van der Waals surface area contributed by atoms with Gasteiger partial charge in [0.15, 0.2) is 0 Å². The van der Waals surface area contributed by atoms with Crippen LogP contribution in [0.15, 0.2) is 18.2 Å². The molecule has 0 aliphatic heterocycles. The molecular formula is C13H18ClN3O2. The summed E-state index contributed by atoms with van der Waals surface area (Å²) < 4.78 is 0. The Kier molecular flexibility index (Phi) is 6.15. The number of anilines is 1. The first-order chi connectivity index (χ1) is 9.08. The van der Waals surface area contributed by atoms with Gasteiger partial charge in [0.1, 0.15) is 0 Å². The summed E-state index contributed by atoms with van der Waals surface area (Å²) in [5.41, 5.74) is 0.854. The fourth-order valence-corrected chi connectivity index (χ4v) is 1.62. The monoisotopic (exact) mass is 283 g/mol. The van der Waals surface area contributed by atoms with Crippen molar-refractivity contribution in [1.82, 2.24) is 10.6 Å². The van der Waals surface area contributed by atoms with E-state index in [1.807, 2.05) is 6.92 Å². The van der Waals surface area contributed by atoms with Gasteiger partial charge in [0.05, 0.1) is 10.7 Å². The standard InChI is InChI=1S/C13H18ClN3O2/c1-3-4-7-16-13(19)17-11-8-9(12(18)15-2)5-6-10(11)14/h5-6,8H,3-4,7H2,1-2H3,(H,15,18)(H2,16,17,19). The highest BCUT2D eigenvalue weighted by atomic mass is 35.5. The third-order valence-electron chi connectivity index (χ3n) is 2.52. The lowest BCUT2D eigenvalue weighted by molar-refractivity contribution is 0.0963. The normalized spacial score (nSPS) is 9.84. The van der Waals surface area contributed by atoms with Crippen LogP contribution in [-0.4, -0.2) is 25.5 Å². The Hall–Kier alpha value is -1.75. The Balaban J connectivity index is 2.71. The van der Waals surface area contributed by atoms with Gasteiger partial charge < -0.3 is 16.0 Å². The summed E-state index contributed by atoms with van der Waals surface area (Å²) in [6, 6.07) is 4.39. The van der Waals surface area contributed by atoms with Crippen LogP contribution in [0.1, 0.15) is 30.1 Å². The summed E-state index contributed by atoms with van der Waals surface area (Å²) >= 11 is 5.98. The molecule has 0 unspecified atom stereocenters. The maximum atomic E-state index is 11.6. The molecule has 104 valence electrons. The number of carbonyl (C=O) groups is 2. The molecule has 0 aliphatic rings. The predicted octanol–water partition coefficient (Wildman–Crippen LogP) is 2.62. The smallest absolute Gasteiger partial charge is 0.319 e. The molecule has 0 saturated heterocycles.